The molecular weight excluding hydrogens is 331 g/mol. The summed E-state index contributed by atoms with van der Waals surface area (Å²) in [6.07, 6.45) is 1.49. The lowest BCUT2D eigenvalue weighted by molar-refractivity contribution is -0.138. The fourth-order valence-corrected chi connectivity index (χ4v) is 4.89. The molecule has 0 N–H and O–H groups in total. The number of carbonyl (C=O) groups excluding carboxylic acids is 1. The highest BCUT2D eigenvalue weighted by Crippen LogP contribution is 2.31. The van der Waals surface area contributed by atoms with Crippen molar-refractivity contribution in [2.75, 3.05) is 20.1 Å². The SMILES string of the molecule is CN1C(=O)[C@H]2CC[C@@H]1CN(S(=O)(=O)c1ccc(F)c(Cl)c1)C2. The monoisotopic (exact) mass is 346 g/mol. The molecule has 1 aromatic carbocycles. The van der Waals surface area contributed by atoms with Crippen LogP contribution in [-0.2, 0) is 14.8 Å². The molecule has 2 bridgehead atoms. The topological polar surface area (TPSA) is 57.7 Å². The van der Waals surface area contributed by atoms with Gasteiger partial charge in [0.1, 0.15) is 5.82 Å². The number of piperidine rings is 1. The molecule has 3 fully saturated rings. The van der Waals surface area contributed by atoms with Crippen molar-refractivity contribution in [3.05, 3.63) is 29.0 Å². The van der Waals surface area contributed by atoms with E-state index in [1.807, 2.05) is 0 Å². The van der Waals surface area contributed by atoms with Gasteiger partial charge in [-0.15, -0.1) is 0 Å². The molecule has 3 aliphatic heterocycles. The second-order valence-electron chi connectivity index (χ2n) is 5.78. The number of benzene rings is 1. The van der Waals surface area contributed by atoms with E-state index in [9.17, 15) is 17.6 Å². The third-order valence-electron chi connectivity index (χ3n) is 4.46. The maximum Gasteiger partial charge on any atom is 0.243 e. The largest absolute Gasteiger partial charge is 0.341 e. The lowest BCUT2D eigenvalue weighted by Gasteiger charge is -2.32. The maximum absolute atomic E-state index is 13.2. The van der Waals surface area contributed by atoms with Crippen LogP contribution in [0.2, 0.25) is 5.02 Å². The quantitative estimate of drug-likeness (QED) is 0.819. The Hall–Kier alpha value is -1.18. The molecule has 0 aliphatic carbocycles. The highest BCUT2D eigenvalue weighted by molar-refractivity contribution is 7.89. The third kappa shape index (κ3) is 2.51. The van der Waals surface area contributed by atoms with Gasteiger partial charge in [0.05, 0.1) is 15.8 Å². The van der Waals surface area contributed by atoms with E-state index in [2.05, 4.69) is 0 Å². The summed E-state index contributed by atoms with van der Waals surface area (Å²) >= 11 is 5.69. The van der Waals surface area contributed by atoms with Crippen molar-refractivity contribution >= 4 is 27.5 Å². The predicted molar refractivity (Wildman–Crippen MR) is 79.5 cm³/mol. The van der Waals surface area contributed by atoms with Crippen LogP contribution in [0, 0.1) is 11.7 Å². The van der Waals surface area contributed by atoms with E-state index in [1.54, 1.807) is 11.9 Å². The molecule has 0 saturated carbocycles. The number of hydrogen-bond acceptors (Lipinski definition) is 3. The average Bonchev–Trinajstić information content (AvgIpc) is 2.76. The molecule has 0 unspecified atom stereocenters. The molecule has 0 radical (unpaired) electrons. The van der Waals surface area contributed by atoms with Crippen molar-refractivity contribution < 1.29 is 17.6 Å². The Bertz CT molecular complexity index is 725. The molecule has 3 heterocycles. The first-order valence-corrected chi connectivity index (χ1v) is 8.84. The predicted octanol–water partition coefficient (Wildman–Crippen LogP) is 1.72. The molecule has 1 aromatic rings. The van der Waals surface area contributed by atoms with E-state index >= 15 is 0 Å². The van der Waals surface area contributed by atoms with Crippen LogP contribution in [0.4, 0.5) is 4.39 Å². The summed E-state index contributed by atoms with van der Waals surface area (Å²) < 4.78 is 40.1. The first kappa shape index (κ1) is 15.7. The summed E-state index contributed by atoms with van der Waals surface area (Å²) in [5, 5.41) is -0.230. The van der Waals surface area contributed by atoms with Crippen molar-refractivity contribution in [3.8, 4) is 0 Å². The standard InChI is InChI=1S/C14H16ClFN2O3S/c1-17-10-3-2-9(14(17)19)7-18(8-10)22(20,21)11-4-5-13(16)12(15)6-11/h4-6,9-10H,2-3,7-8H2,1H3/t9-,10+/m0/s1. The molecule has 8 heteroatoms. The molecule has 5 nitrogen and oxygen atoms in total. The molecule has 0 spiro atoms. The number of likely N-dealkylation sites (N-methyl/N-ethyl adjacent to an activating group) is 1. The van der Waals surface area contributed by atoms with Gasteiger partial charge in [-0.2, -0.15) is 4.31 Å². The Labute approximate surface area is 133 Å². The highest BCUT2D eigenvalue weighted by atomic mass is 35.5. The first-order chi connectivity index (χ1) is 10.3. The number of fused-ring (bicyclic) bond motifs is 4. The maximum atomic E-state index is 13.2. The van der Waals surface area contributed by atoms with Crippen LogP contribution in [0.1, 0.15) is 12.8 Å². The second-order valence-corrected chi connectivity index (χ2v) is 8.12. The number of amides is 1. The highest BCUT2D eigenvalue weighted by Gasteiger charge is 2.42. The summed E-state index contributed by atoms with van der Waals surface area (Å²) in [6.45, 7) is 0.424. The average molecular weight is 347 g/mol. The van der Waals surface area contributed by atoms with E-state index < -0.39 is 15.8 Å². The number of carbonyl (C=O) groups is 1. The molecule has 0 aromatic heterocycles. The zero-order valence-electron chi connectivity index (χ0n) is 12.0. The molecular formula is C14H16ClFN2O3S. The molecule has 22 heavy (non-hydrogen) atoms. The lowest BCUT2D eigenvalue weighted by atomic mass is 9.95. The summed E-state index contributed by atoms with van der Waals surface area (Å²) in [6, 6.07) is 3.25. The molecule has 3 aliphatic rings. The minimum atomic E-state index is -3.79. The van der Waals surface area contributed by atoms with Gasteiger partial charge < -0.3 is 4.90 Å². The van der Waals surface area contributed by atoms with Crippen LogP contribution in [-0.4, -0.2) is 49.7 Å². The van der Waals surface area contributed by atoms with Gasteiger partial charge in [-0.3, -0.25) is 4.79 Å². The molecule has 120 valence electrons. The molecule has 2 atom stereocenters. The van der Waals surface area contributed by atoms with Gasteiger partial charge in [-0.25, -0.2) is 12.8 Å². The normalized spacial score (nSPS) is 26.3. The number of sulfonamides is 1. The minimum Gasteiger partial charge on any atom is -0.341 e. The Kier molecular flexibility index (Phi) is 3.91. The summed E-state index contributed by atoms with van der Waals surface area (Å²) in [5.74, 6) is -0.980. The van der Waals surface area contributed by atoms with Gasteiger partial charge >= 0.3 is 0 Å². The molecule has 4 rings (SSSR count). The zero-order valence-corrected chi connectivity index (χ0v) is 13.6. The summed E-state index contributed by atoms with van der Waals surface area (Å²) in [7, 11) is -2.08. The first-order valence-electron chi connectivity index (χ1n) is 7.02. The van der Waals surface area contributed by atoms with Crippen LogP contribution < -0.4 is 0 Å². The Morgan fingerprint density at radius 1 is 1.27 bits per heavy atom. The fourth-order valence-electron chi connectivity index (χ4n) is 3.10. The van der Waals surface area contributed by atoms with Crippen molar-refractivity contribution in [3.63, 3.8) is 0 Å². The number of halogens is 2. The summed E-state index contributed by atoms with van der Waals surface area (Å²) in [5.41, 5.74) is 0. The second kappa shape index (κ2) is 5.47. The van der Waals surface area contributed by atoms with Crippen LogP contribution >= 0.6 is 11.6 Å². The molecule has 3 saturated heterocycles. The van der Waals surface area contributed by atoms with Crippen molar-refractivity contribution in [1.82, 2.24) is 9.21 Å². The van der Waals surface area contributed by atoms with Gasteiger partial charge in [0.2, 0.25) is 15.9 Å². The van der Waals surface area contributed by atoms with Gasteiger partial charge in [-0.05, 0) is 31.0 Å². The van der Waals surface area contributed by atoms with Gasteiger partial charge in [0.15, 0.2) is 0 Å². The third-order valence-corrected chi connectivity index (χ3v) is 6.58. The van der Waals surface area contributed by atoms with Crippen molar-refractivity contribution in [1.29, 1.82) is 0 Å². The van der Waals surface area contributed by atoms with E-state index in [4.69, 9.17) is 11.6 Å². The van der Waals surface area contributed by atoms with Crippen LogP contribution in [0.15, 0.2) is 23.1 Å². The fraction of sp³-hybridized carbons (Fsp3) is 0.500. The van der Waals surface area contributed by atoms with E-state index in [1.165, 1.54) is 10.4 Å². The van der Waals surface area contributed by atoms with Crippen molar-refractivity contribution in [2.24, 2.45) is 5.92 Å². The van der Waals surface area contributed by atoms with Crippen molar-refractivity contribution in [2.45, 2.75) is 23.8 Å². The Morgan fingerprint density at radius 3 is 2.68 bits per heavy atom. The number of rotatable bonds is 2. The number of nitrogens with zero attached hydrogens (tertiary/aromatic N) is 2. The smallest absolute Gasteiger partial charge is 0.243 e. The Balaban J connectivity index is 1.96. The van der Waals surface area contributed by atoms with E-state index in [-0.39, 0.29) is 40.9 Å². The van der Waals surface area contributed by atoms with Gasteiger partial charge in [0.25, 0.3) is 0 Å². The minimum absolute atomic E-state index is 0.00825. The van der Waals surface area contributed by atoms with Gasteiger partial charge in [0, 0.05) is 26.2 Å². The van der Waals surface area contributed by atoms with Gasteiger partial charge in [-0.1, -0.05) is 11.6 Å². The Morgan fingerprint density at radius 2 is 2.00 bits per heavy atom. The summed E-state index contributed by atoms with van der Waals surface area (Å²) in [4.78, 5) is 13.7. The lowest BCUT2D eigenvalue weighted by Crippen LogP contribution is -2.45. The molecule has 1 amide bonds. The van der Waals surface area contributed by atoms with Crippen LogP contribution in [0.5, 0.6) is 0 Å². The van der Waals surface area contributed by atoms with Crippen LogP contribution in [0.25, 0.3) is 0 Å². The number of hydrogen-bond donors (Lipinski definition) is 0. The van der Waals surface area contributed by atoms with Crippen LogP contribution in [0.3, 0.4) is 0 Å². The van der Waals surface area contributed by atoms with E-state index in [0.717, 1.165) is 18.6 Å². The zero-order chi connectivity index (χ0) is 16.1. The van der Waals surface area contributed by atoms with E-state index in [0.29, 0.717) is 6.42 Å².